The van der Waals surface area contributed by atoms with Gasteiger partial charge in [-0.15, -0.1) is 0 Å². The maximum atomic E-state index is 4.55. The molecule has 2 rings (SSSR count). The lowest BCUT2D eigenvalue weighted by molar-refractivity contribution is 0.494. The van der Waals surface area contributed by atoms with Crippen LogP contribution in [0.1, 0.15) is 19.4 Å². The van der Waals surface area contributed by atoms with Gasteiger partial charge in [-0.3, -0.25) is 0 Å². The van der Waals surface area contributed by atoms with Gasteiger partial charge in [0.25, 0.3) is 0 Å². The van der Waals surface area contributed by atoms with E-state index < -0.39 is 0 Å². The number of nitrogens with one attached hydrogen (secondary N) is 1. The topological polar surface area (TPSA) is 41.1 Å². The molecule has 1 aliphatic heterocycles. The van der Waals surface area contributed by atoms with Crippen LogP contribution >= 0.6 is 0 Å². The minimum absolute atomic E-state index is 0.702. The van der Waals surface area contributed by atoms with Crippen molar-refractivity contribution in [3.05, 3.63) is 11.8 Å². The van der Waals surface area contributed by atoms with Crippen molar-refractivity contribution in [1.82, 2.24) is 9.97 Å². The van der Waals surface area contributed by atoms with Crippen molar-refractivity contribution >= 4 is 11.8 Å². The fraction of sp³-hybridized carbons (Fsp3) is 0.667. The molecule has 4 nitrogen and oxygen atoms in total. The third-order valence-electron chi connectivity index (χ3n) is 3.46. The predicted octanol–water partition coefficient (Wildman–Crippen LogP) is 1.92. The zero-order valence-corrected chi connectivity index (χ0v) is 10.5. The van der Waals surface area contributed by atoms with E-state index in [-0.39, 0.29) is 0 Å². The SMILES string of the molecule is CNc1ncc(C)c(N2CC(C)C(C)C2)n1. The van der Waals surface area contributed by atoms with Gasteiger partial charge in [0, 0.05) is 31.9 Å². The first-order chi connectivity index (χ1) is 7.61. The Bertz CT molecular complexity index is 367. The molecule has 0 aliphatic carbocycles. The Morgan fingerprint density at radius 3 is 2.50 bits per heavy atom. The van der Waals surface area contributed by atoms with Gasteiger partial charge in [0.15, 0.2) is 0 Å². The second-order valence-electron chi connectivity index (χ2n) is 4.81. The van der Waals surface area contributed by atoms with E-state index >= 15 is 0 Å². The largest absolute Gasteiger partial charge is 0.357 e. The van der Waals surface area contributed by atoms with Crippen molar-refractivity contribution in [3.63, 3.8) is 0 Å². The molecule has 2 atom stereocenters. The zero-order valence-electron chi connectivity index (χ0n) is 10.5. The predicted molar refractivity (Wildman–Crippen MR) is 66.9 cm³/mol. The van der Waals surface area contributed by atoms with Gasteiger partial charge < -0.3 is 10.2 Å². The normalized spacial score (nSPS) is 24.9. The Balaban J connectivity index is 2.26. The van der Waals surface area contributed by atoms with Crippen molar-refractivity contribution in [3.8, 4) is 0 Å². The Morgan fingerprint density at radius 1 is 1.31 bits per heavy atom. The molecule has 16 heavy (non-hydrogen) atoms. The molecular formula is C12H20N4. The second kappa shape index (κ2) is 4.28. The number of rotatable bonds is 2. The van der Waals surface area contributed by atoms with Gasteiger partial charge in [-0.2, -0.15) is 4.98 Å². The highest BCUT2D eigenvalue weighted by molar-refractivity contribution is 5.49. The van der Waals surface area contributed by atoms with E-state index in [2.05, 4.69) is 41.0 Å². The van der Waals surface area contributed by atoms with E-state index in [9.17, 15) is 0 Å². The first-order valence-corrected chi connectivity index (χ1v) is 5.88. The molecule has 0 amide bonds. The smallest absolute Gasteiger partial charge is 0.224 e. The third-order valence-corrected chi connectivity index (χ3v) is 3.46. The lowest BCUT2D eigenvalue weighted by Gasteiger charge is -2.19. The summed E-state index contributed by atoms with van der Waals surface area (Å²) >= 11 is 0. The molecule has 4 heteroatoms. The van der Waals surface area contributed by atoms with Crippen LogP contribution in [0.4, 0.5) is 11.8 Å². The van der Waals surface area contributed by atoms with E-state index in [0.29, 0.717) is 5.95 Å². The minimum Gasteiger partial charge on any atom is -0.357 e. The maximum absolute atomic E-state index is 4.55. The summed E-state index contributed by atoms with van der Waals surface area (Å²) in [6.45, 7) is 8.88. The highest BCUT2D eigenvalue weighted by Crippen LogP contribution is 2.28. The molecule has 0 radical (unpaired) electrons. The van der Waals surface area contributed by atoms with Gasteiger partial charge >= 0.3 is 0 Å². The summed E-state index contributed by atoms with van der Waals surface area (Å²) < 4.78 is 0. The molecule has 2 unspecified atom stereocenters. The highest BCUT2D eigenvalue weighted by Gasteiger charge is 2.27. The Morgan fingerprint density at radius 2 is 1.94 bits per heavy atom. The Labute approximate surface area is 97.1 Å². The summed E-state index contributed by atoms with van der Waals surface area (Å²) in [4.78, 5) is 11.1. The third kappa shape index (κ3) is 1.96. The number of aryl methyl sites for hydroxylation is 1. The average Bonchev–Trinajstić information content (AvgIpc) is 2.60. The molecule has 0 aromatic carbocycles. The molecule has 1 aromatic rings. The van der Waals surface area contributed by atoms with Crippen molar-refractivity contribution in [1.29, 1.82) is 0 Å². The quantitative estimate of drug-likeness (QED) is 0.826. The van der Waals surface area contributed by atoms with Crippen molar-refractivity contribution in [2.24, 2.45) is 11.8 Å². The lowest BCUT2D eigenvalue weighted by Crippen LogP contribution is -2.22. The van der Waals surface area contributed by atoms with Crippen LogP contribution in [0.5, 0.6) is 0 Å². The summed E-state index contributed by atoms with van der Waals surface area (Å²) in [6, 6.07) is 0. The fourth-order valence-corrected chi connectivity index (χ4v) is 2.18. The molecule has 88 valence electrons. The van der Waals surface area contributed by atoms with Crippen LogP contribution in [0.25, 0.3) is 0 Å². The molecule has 1 saturated heterocycles. The van der Waals surface area contributed by atoms with Crippen molar-refractivity contribution < 1.29 is 0 Å². The molecule has 1 N–H and O–H groups in total. The first kappa shape index (κ1) is 11.2. The van der Waals surface area contributed by atoms with E-state index in [0.717, 1.165) is 36.3 Å². The van der Waals surface area contributed by atoms with Gasteiger partial charge in [0.2, 0.25) is 5.95 Å². The summed E-state index contributed by atoms with van der Waals surface area (Å²) in [5.41, 5.74) is 1.15. The van der Waals surface area contributed by atoms with Gasteiger partial charge in [-0.1, -0.05) is 13.8 Å². The van der Waals surface area contributed by atoms with Crippen LogP contribution in [0, 0.1) is 18.8 Å². The Hall–Kier alpha value is -1.32. The van der Waals surface area contributed by atoms with Crippen molar-refractivity contribution in [2.75, 3.05) is 30.4 Å². The molecule has 0 saturated carbocycles. The molecule has 1 aliphatic rings. The summed E-state index contributed by atoms with van der Waals surface area (Å²) in [7, 11) is 1.85. The number of hydrogen-bond acceptors (Lipinski definition) is 4. The Kier molecular flexibility index (Phi) is 2.99. The van der Waals surface area contributed by atoms with Crippen molar-refractivity contribution in [2.45, 2.75) is 20.8 Å². The van der Waals surface area contributed by atoms with Crippen LogP contribution in [0.3, 0.4) is 0 Å². The molecule has 2 heterocycles. The maximum Gasteiger partial charge on any atom is 0.224 e. The molecule has 1 fully saturated rings. The van der Waals surface area contributed by atoms with Gasteiger partial charge in [-0.25, -0.2) is 4.98 Å². The van der Waals surface area contributed by atoms with Gasteiger partial charge in [-0.05, 0) is 18.8 Å². The summed E-state index contributed by atoms with van der Waals surface area (Å²) in [5.74, 6) is 3.27. The zero-order chi connectivity index (χ0) is 11.7. The van der Waals surface area contributed by atoms with E-state index in [1.165, 1.54) is 0 Å². The second-order valence-corrected chi connectivity index (χ2v) is 4.81. The summed E-state index contributed by atoms with van der Waals surface area (Å²) in [5, 5.41) is 2.99. The monoisotopic (exact) mass is 220 g/mol. The van der Waals surface area contributed by atoms with Gasteiger partial charge in [0.05, 0.1) is 0 Å². The summed E-state index contributed by atoms with van der Waals surface area (Å²) in [6.07, 6.45) is 1.89. The van der Waals surface area contributed by atoms with Crippen LogP contribution in [-0.4, -0.2) is 30.1 Å². The highest BCUT2D eigenvalue weighted by atomic mass is 15.2. The number of nitrogens with zero attached hydrogens (tertiary/aromatic N) is 3. The molecule has 1 aromatic heterocycles. The number of aromatic nitrogens is 2. The van der Waals surface area contributed by atoms with E-state index in [1.54, 1.807) is 0 Å². The molecule has 0 spiro atoms. The fourth-order valence-electron chi connectivity index (χ4n) is 2.18. The van der Waals surface area contributed by atoms with Gasteiger partial charge in [0.1, 0.15) is 5.82 Å². The molecular weight excluding hydrogens is 200 g/mol. The van der Waals surface area contributed by atoms with Crippen LogP contribution in [0.15, 0.2) is 6.20 Å². The van der Waals surface area contributed by atoms with E-state index in [1.807, 2.05) is 13.2 Å². The standard InChI is InChI=1S/C12H20N4/c1-8-5-14-12(13-4)15-11(8)16-6-9(2)10(3)7-16/h5,9-10H,6-7H2,1-4H3,(H,13,14,15). The lowest BCUT2D eigenvalue weighted by atomic mass is 10.0. The van der Waals surface area contributed by atoms with E-state index in [4.69, 9.17) is 0 Å². The van der Waals surface area contributed by atoms with Crippen LogP contribution in [-0.2, 0) is 0 Å². The number of anilines is 2. The van der Waals surface area contributed by atoms with Crippen LogP contribution < -0.4 is 10.2 Å². The minimum atomic E-state index is 0.702. The number of hydrogen-bond donors (Lipinski definition) is 1. The first-order valence-electron chi connectivity index (χ1n) is 5.88. The molecule has 0 bridgehead atoms. The average molecular weight is 220 g/mol. The van der Waals surface area contributed by atoms with Crippen LogP contribution in [0.2, 0.25) is 0 Å².